The van der Waals surface area contributed by atoms with E-state index in [1.165, 1.54) is 11.0 Å². The van der Waals surface area contributed by atoms with E-state index < -0.39 is 24.0 Å². The summed E-state index contributed by atoms with van der Waals surface area (Å²) in [5.74, 6) is 0. The molecule has 2 atom stereocenters. The minimum atomic E-state index is -2.49. The smallest absolute Gasteiger partial charge is 0.410 e. The molecule has 3 nitrogen and oxygen atoms in total. The van der Waals surface area contributed by atoms with Crippen molar-refractivity contribution in [2.75, 3.05) is 6.54 Å². The second-order valence-electron chi connectivity index (χ2n) is 5.69. The normalized spacial score (nSPS) is 24.5. The maximum Gasteiger partial charge on any atom is 0.410 e. The lowest BCUT2D eigenvalue weighted by Gasteiger charge is -2.34. The Labute approximate surface area is 129 Å². The molecule has 0 bridgehead atoms. The Morgan fingerprint density at radius 3 is 2.77 bits per heavy atom. The molecule has 2 rings (SSSR count). The van der Waals surface area contributed by atoms with E-state index in [4.69, 9.17) is 4.74 Å². The summed E-state index contributed by atoms with van der Waals surface area (Å²) in [5.41, 5.74) is -0.345. The van der Waals surface area contributed by atoms with Gasteiger partial charge >= 0.3 is 6.09 Å². The Kier molecular flexibility index (Phi) is 5.16. The van der Waals surface area contributed by atoms with Gasteiger partial charge in [0.1, 0.15) is 6.61 Å². The molecule has 0 aliphatic carbocycles. The standard InChI is InChI=1S/C17H21F2NO2/c1-3-9-17(15(18)19)10-11-20(13(17)2)16(21)22-12-14-7-5-4-6-8-14/h3-8,13,15H,1,9-12H2,2H3/t13-,17+/m1/s1. The molecule has 1 heterocycles. The number of amides is 1. The van der Waals surface area contributed by atoms with Crippen molar-refractivity contribution >= 4 is 6.09 Å². The van der Waals surface area contributed by atoms with Crippen molar-refractivity contribution in [3.05, 3.63) is 48.6 Å². The van der Waals surface area contributed by atoms with E-state index in [9.17, 15) is 13.6 Å². The Balaban J connectivity index is 2.01. The van der Waals surface area contributed by atoms with Gasteiger partial charge in [0.05, 0.1) is 5.41 Å². The number of benzene rings is 1. The molecule has 0 spiro atoms. The van der Waals surface area contributed by atoms with Crippen molar-refractivity contribution in [2.24, 2.45) is 5.41 Å². The lowest BCUT2D eigenvalue weighted by Crippen LogP contribution is -2.44. The van der Waals surface area contributed by atoms with Gasteiger partial charge in [-0.3, -0.25) is 0 Å². The average molecular weight is 309 g/mol. The predicted molar refractivity (Wildman–Crippen MR) is 80.7 cm³/mol. The molecular weight excluding hydrogens is 288 g/mol. The molecule has 1 fully saturated rings. The van der Waals surface area contributed by atoms with E-state index in [0.29, 0.717) is 0 Å². The Morgan fingerprint density at radius 2 is 2.18 bits per heavy atom. The van der Waals surface area contributed by atoms with Crippen molar-refractivity contribution in [3.8, 4) is 0 Å². The summed E-state index contributed by atoms with van der Waals surface area (Å²) in [6.45, 7) is 5.65. The number of allylic oxidation sites excluding steroid dienone is 1. The Hall–Kier alpha value is -1.91. The molecule has 1 aromatic rings. The van der Waals surface area contributed by atoms with Gasteiger partial charge in [-0.1, -0.05) is 36.4 Å². The number of rotatable bonds is 5. The number of ether oxygens (including phenoxy) is 1. The van der Waals surface area contributed by atoms with Crippen LogP contribution in [0, 0.1) is 5.41 Å². The number of hydrogen-bond acceptors (Lipinski definition) is 2. The van der Waals surface area contributed by atoms with Crippen LogP contribution < -0.4 is 0 Å². The molecule has 1 saturated heterocycles. The second-order valence-corrected chi connectivity index (χ2v) is 5.69. The zero-order valence-electron chi connectivity index (χ0n) is 12.7. The van der Waals surface area contributed by atoms with Crippen molar-refractivity contribution in [1.29, 1.82) is 0 Å². The van der Waals surface area contributed by atoms with E-state index in [1.54, 1.807) is 6.92 Å². The fraction of sp³-hybridized carbons (Fsp3) is 0.471. The van der Waals surface area contributed by atoms with Crippen LogP contribution in [0.5, 0.6) is 0 Å². The third kappa shape index (κ3) is 3.13. The molecule has 0 radical (unpaired) electrons. The highest BCUT2D eigenvalue weighted by Crippen LogP contribution is 2.45. The molecule has 1 aliphatic rings. The third-order valence-corrected chi connectivity index (χ3v) is 4.52. The molecule has 22 heavy (non-hydrogen) atoms. The van der Waals surface area contributed by atoms with E-state index in [2.05, 4.69) is 6.58 Å². The molecule has 1 aliphatic heterocycles. The van der Waals surface area contributed by atoms with Crippen molar-refractivity contribution in [3.63, 3.8) is 0 Å². The van der Waals surface area contributed by atoms with Gasteiger partial charge in [0, 0.05) is 12.6 Å². The SMILES string of the molecule is C=CC[C@]1(C(F)F)CCN(C(=O)OCc2ccccc2)[C@@H]1C. The number of nitrogens with zero attached hydrogens (tertiary/aromatic N) is 1. The van der Waals surface area contributed by atoms with Gasteiger partial charge in [-0.15, -0.1) is 6.58 Å². The van der Waals surface area contributed by atoms with Crippen molar-refractivity contribution in [2.45, 2.75) is 38.8 Å². The third-order valence-electron chi connectivity index (χ3n) is 4.52. The topological polar surface area (TPSA) is 29.5 Å². The van der Waals surface area contributed by atoms with Gasteiger partial charge in [0.2, 0.25) is 6.43 Å². The highest BCUT2D eigenvalue weighted by atomic mass is 19.3. The van der Waals surface area contributed by atoms with Crippen LogP contribution in [0.25, 0.3) is 0 Å². The van der Waals surface area contributed by atoms with E-state index in [0.717, 1.165) is 5.56 Å². The van der Waals surface area contributed by atoms with Crippen molar-refractivity contribution in [1.82, 2.24) is 4.90 Å². The molecule has 5 heteroatoms. The van der Waals surface area contributed by atoms with E-state index in [1.807, 2.05) is 30.3 Å². The van der Waals surface area contributed by atoms with Crippen LogP contribution in [0.2, 0.25) is 0 Å². The lowest BCUT2D eigenvalue weighted by atomic mass is 9.78. The number of hydrogen-bond donors (Lipinski definition) is 0. The van der Waals surface area contributed by atoms with E-state index in [-0.39, 0.29) is 26.0 Å². The first kappa shape index (κ1) is 16.5. The maximum atomic E-state index is 13.5. The van der Waals surface area contributed by atoms with Gasteiger partial charge < -0.3 is 9.64 Å². The number of carbonyl (C=O) groups excluding carboxylic acids is 1. The molecule has 0 aromatic heterocycles. The van der Waals surface area contributed by atoms with Crippen LogP contribution in [-0.4, -0.2) is 30.0 Å². The van der Waals surface area contributed by atoms with Crippen LogP contribution in [-0.2, 0) is 11.3 Å². The van der Waals surface area contributed by atoms with Crippen LogP contribution in [0.1, 0.15) is 25.3 Å². The quantitative estimate of drug-likeness (QED) is 0.761. The summed E-state index contributed by atoms with van der Waals surface area (Å²) in [6.07, 6.45) is -1.08. The first-order valence-corrected chi connectivity index (χ1v) is 7.37. The molecular formula is C17H21F2NO2. The van der Waals surface area contributed by atoms with Gasteiger partial charge in [-0.05, 0) is 25.3 Å². The van der Waals surface area contributed by atoms with E-state index >= 15 is 0 Å². The van der Waals surface area contributed by atoms with Gasteiger partial charge in [-0.25, -0.2) is 13.6 Å². The first-order valence-electron chi connectivity index (χ1n) is 7.37. The lowest BCUT2D eigenvalue weighted by molar-refractivity contribution is -0.0230. The largest absolute Gasteiger partial charge is 0.445 e. The summed E-state index contributed by atoms with van der Waals surface area (Å²) < 4.78 is 32.2. The number of halogens is 2. The first-order chi connectivity index (χ1) is 10.5. The second kappa shape index (κ2) is 6.90. The van der Waals surface area contributed by atoms with Gasteiger partial charge in [-0.2, -0.15) is 0 Å². The van der Waals surface area contributed by atoms with Crippen molar-refractivity contribution < 1.29 is 18.3 Å². The number of carbonyl (C=O) groups is 1. The van der Waals surface area contributed by atoms with Crippen LogP contribution in [0.15, 0.2) is 43.0 Å². The zero-order chi connectivity index (χ0) is 16.2. The summed E-state index contributed by atoms with van der Waals surface area (Å²) in [5, 5.41) is 0. The maximum absolute atomic E-state index is 13.5. The molecule has 0 unspecified atom stereocenters. The monoisotopic (exact) mass is 309 g/mol. The molecule has 0 N–H and O–H groups in total. The van der Waals surface area contributed by atoms with Crippen LogP contribution in [0.3, 0.4) is 0 Å². The fourth-order valence-corrected chi connectivity index (χ4v) is 3.01. The van der Waals surface area contributed by atoms with Crippen LogP contribution in [0.4, 0.5) is 13.6 Å². The zero-order valence-corrected chi connectivity index (χ0v) is 12.7. The highest BCUT2D eigenvalue weighted by Gasteiger charge is 2.52. The molecule has 120 valence electrons. The van der Waals surface area contributed by atoms with Gasteiger partial charge in [0.15, 0.2) is 0 Å². The number of alkyl halides is 2. The predicted octanol–water partition coefficient (Wildman–Crippen LogP) is 4.25. The minimum Gasteiger partial charge on any atom is -0.445 e. The molecule has 0 saturated carbocycles. The summed E-state index contributed by atoms with van der Waals surface area (Å²) in [7, 11) is 0. The summed E-state index contributed by atoms with van der Waals surface area (Å²) >= 11 is 0. The summed E-state index contributed by atoms with van der Waals surface area (Å²) in [4.78, 5) is 13.6. The van der Waals surface area contributed by atoms with Crippen LogP contribution >= 0.6 is 0 Å². The number of likely N-dealkylation sites (tertiary alicyclic amines) is 1. The Bertz CT molecular complexity index is 521. The fourth-order valence-electron chi connectivity index (χ4n) is 3.01. The van der Waals surface area contributed by atoms with Gasteiger partial charge in [0.25, 0.3) is 0 Å². The average Bonchev–Trinajstić information content (AvgIpc) is 2.85. The molecule has 1 amide bonds. The Morgan fingerprint density at radius 1 is 1.50 bits per heavy atom. The highest BCUT2D eigenvalue weighted by molar-refractivity contribution is 5.68. The minimum absolute atomic E-state index is 0.145. The molecule has 1 aromatic carbocycles. The summed E-state index contributed by atoms with van der Waals surface area (Å²) in [6, 6.07) is 8.71.